The summed E-state index contributed by atoms with van der Waals surface area (Å²) in [6, 6.07) is 8.56. The lowest BCUT2D eigenvalue weighted by Crippen LogP contribution is -2.34. The third kappa shape index (κ3) is 4.30. The molecule has 2 aromatic heterocycles. The minimum absolute atomic E-state index is 0.0931. The number of ether oxygens (including phenoxy) is 1. The maximum Gasteiger partial charge on any atom is 0.417 e. The summed E-state index contributed by atoms with van der Waals surface area (Å²) in [5.74, 6) is 0.372. The molecule has 1 aromatic carbocycles. The van der Waals surface area contributed by atoms with Gasteiger partial charge in [0.2, 0.25) is 11.9 Å². The number of benzene rings is 1. The predicted octanol–water partition coefficient (Wildman–Crippen LogP) is 4.29. The highest BCUT2D eigenvalue weighted by Gasteiger charge is 2.35. The SMILES string of the molecule is CC[C@H]1COC(=O)N1c1ncnc(N[C@@H](C)c2ccc(-c3ccc(F)c(C)c3)cn2)n1. The van der Waals surface area contributed by atoms with Crippen LogP contribution in [-0.4, -0.2) is 38.7 Å². The van der Waals surface area contributed by atoms with Gasteiger partial charge in [0.1, 0.15) is 18.8 Å². The second-order valence-electron chi connectivity index (χ2n) is 7.42. The second-order valence-corrected chi connectivity index (χ2v) is 7.42. The van der Waals surface area contributed by atoms with Crippen molar-refractivity contribution in [2.45, 2.75) is 39.3 Å². The average Bonchev–Trinajstić information content (AvgIpc) is 3.16. The van der Waals surface area contributed by atoms with Crippen molar-refractivity contribution >= 4 is 18.0 Å². The number of carbonyl (C=O) groups excluding carboxylic acids is 1. The van der Waals surface area contributed by atoms with E-state index in [1.165, 1.54) is 17.3 Å². The smallest absolute Gasteiger partial charge is 0.417 e. The van der Waals surface area contributed by atoms with E-state index in [2.05, 4.69) is 25.3 Å². The van der Waals surface area contributed by atoms with Gasteiger partial charge in [0, 0.05) is 11.8 Å². The third-order valence-corrected chi connectivity index (χ3v) is 5.27. The van der Waals surface area contributed by atoms with Crippen LogP contribution in [0.4, 0.5) is 21.1 Å². The summed E-state index contributed by atoms with van der Waals surface area (Å²) >= 11 is 0. The monoisotopic (exact) mass is 422 g/mol. The standard InChI is InChI=1S/C22H23FN6O2/c1-4-17-11-31-22(30)29(17)21-26-12-25-20(28-21)27-14(3)19-8-6-16(10-24-19)15-5-7-18(23)13(2)9-15/h5-10,12,14,17H,4,11H2,1-3H3,(H,25,26,27,28)/t14-,17-/m0/s1. The fourth-order valence-corrected chi connectivity index (χ4v) is 3.40. The molecule has 1 fully saturated rings. The van der Waals surface area contributed by atoms with E-state index in [9.17, 15) is 9.18 Å². The Hall–Kier alpha value is -3.62. The first-order valence-corrected chi connectivity index (χ1v) is 10.1. The van der Waals surface area contributed by atoms with Crippen molar-refractivity contribution in [2.75, 3.05) is 16.8 Å². The van der Waals surface area contributed by atoms with Crippen molar-refractivity contribution in [3.63, 3.8) is 0 Å². The number of aryl methyl sites for hydroxylation is 1. The third-order valence-electron chi connectivity index (χ3n) is 5.27. The quantitative estimate of drug-likeness (QED) is 0.633. The Morgan fingerprint density at radius 3 is 2.74 bits per heavy atom. The van der Waals surface area contributed by atoms with Crippen molar-refractivity contribution in [3.8, 4) is 11.1 Å². The highest BCUT2D eigenvalue weighted by molar-refractivity contribution is 5.88. The molecule has 31 heavy (non-hydrogen) atoms. The Morgan fingerprint density at radius 1 is 1.23 bits per heavy atom. The number of cyclic esters (lactones) is 1. The predicted molar refractivity (Wildman–Crippen MR) is 114 cm³/mol. The van der Waals surface area contributed by atoms with Crippen LogP contribution in [-0.2, 0) is 4.74 Å². The van der Waals surface area contributed by atoms with Crippen molar-refractivity contribution in [3.05, 3.63) is 59.9 Å². The fraction of sp³-hybridized carbons (Fsp3) is 0.318. The minimum Gasteiger partial charge on any atom is -0.447 e. The summed E-state index contributed by atoms with van der Waals surface area (Å²) < 4.78 is 18.6. The molecule has 8 nitrogen and oxygen atoms in total. The molecule has 1 N–H and O–H groups in total. The Morgan fingerprint density at radius 2 is 2.03 bits per heavy atom. The van der Waals surface area contributed by atoms with Crippen LogP contribution >= 0.6 is 0 Å². The number of hydrogen-bond donors (Lipinski definition) is 1. The van der Waals surface area contributed by atoms with E-state index in [0.717, 1.165) is 23.2 Å². The van der Waals surface area contributed by atoms with Crippen LogP contribution < -0.4 is 10.2 Å². The maximum absolute atomic E-state index is 13.5. The van der Waals surface area contributed by atoms with Gasteiger partial charge in [0.25, 0.3) is 0 Å². The molecule has 1 saturated heterocycles. The Labute approximate surface area is 179 Å². The van der Waals surface area contributed by atoms with Gasteiger partial charge >= 0.3 is 6.09 Å². The van der Waals surface area contributed by atoms with Crippen LogP contribution in [0.3, 0.4) is 0 Å². The van der Waals surface area contributed by atoms with E-state index in [1.807, 2.05) is 26.0 Å². The zero-order valence-electron chi connectivity index (χ0n) is 17.5. The number of nitrogens with zero attached hydrogens (tertiary/aromatic N) is 5. The van der Waals surface area contributed by atoms with Gasteiger partial charge in [-0.2, -0.15) is 4.98 Å². The number of halogens is 1. The minimum atomic E-state index is -0.453. The van der Waals surface area contributed by atoms with E-state index in [-0.39, 0.29) is 23.8 Å². The summed E-state index contributed by atoms with van der Waals surface area (Å²) in [6.07, 6.45) is 3.40. The van der Waals surface area contributed by atoms with Crippen molar-refractivity contribution < 1.29 is 13.9 Å². The molecule has 1 aliphatic heterocycles. The molecule has 0 saturated carbocycles. The molecule has 1 amide bonds. The molecule has 0 spiro atoms. The first kappa shape index (κ1) is 20.6. The number of rotatable bonds is 6. The van der Waals surface area contributed by atoms with Crippen molar-refractivity contribution in [2.24, 2.45) is 0 Å². The first-order valence-electron chi connectivity index (χ1n) is 10.1. The van der Waals surface area contributed by atoms with E-state index < -0.39 is 6.09 Å². The summed E-state index contributed by atoms with van der Waals surface area (Å²) in [5.41, 5.74) is 3.19. The van der Waals surface area contributed by atoms with E-state index >= 15 is 0 Å². The average molecular weight is 422 g/mol. The molecular formula is C22H23FN6O2. The molecule has 2 atom stereocenters. The van der Waals surface area contributed by atoms with Crippen LogP contribution in [0.15, 0.2) is 42.9 Å². The molecule has 3 heterocycles. The van der Waals surface area contributed by atoms with Crippen molar-refractivity contribution in [1.82, 2.24) is 19.9 Å². The molecule has 3 aromatic rings. The molecule has 1 aliphatic rings. The van der Waals surface area contributed by atoms with Crippen LogP contribution in [0.25, 0.3) is 11.1 Å². The van der Waals surface area contributed by atoms with Crippen LogP contribution in [0, 0.1) is 12.7 Å². The number of carbonyl (C=O) groups is 1. The normalized spacial score (nSPS) is 16.8. The van der Waals surface area contributed by atoms with Crippen LogP contribution in [0.2, 0.25) is 0 Å². The zero-order chi connectivity index (χ0) is 22.0. The van der Waals surface area contributed by atoms with Gasteiger partial charge in [0.05, 0.1) is 17.8 Å². The van der Waals surface area contributed by atoms with Gasteiger partial charge in [-0.25, -0.2) is 24.1 Å². The summed E-state index contributed by atoms with van der Waals surface area (Å²) in [5, 5.41) is 3.19. The highest BCUT2D eigenvalue weighted by atomic mass is 19.1. The van der Waals surface area contributed by atoms with Crippen LogP contribution in [0.1, 0.15) is 37.6 Å². The number of pyridine rings is 1. The number of amides is 1. The summed E-state index contributed by atoms with van der Waals surface area (Å²) in [6.45, 7) is 5.97. The summed E-state index contributed by atoms with van der Waals surface area (Å²) in [7, 11) is 0. The molecule has 4 rings (SSSR count). The topological polar surface area (TPSA) is 93.1 Å². The Balaban J connectivity index is 1.49. The van der Waals surface area contributed by atoms with E-state index in [4.69, 9.17) is 4.74 Å². The molecule has 9 heteroatoms. The van der Waals surface area contributed by atoms with Gasteiger partial charge in [0.15, 0.2) is 0 Å². The summed E-state index contributed by atoms with van der Waals surface area (Å²) in [4.78, 5) is 30.7. The van der Waals surface area contributed by atoms with Gasteiger partial charge in [-0.15, -0.1) is 0 Å². The number of aromatic nitrogens is 4. The lowest BCUT2D eigenvalue weighted by atomic mass is 10.0. The number of nitrogens with one attached hydrogen (secondary N) is 1. The molecule has 160 valence electrons. The Bertz CT molecular complexity index is 1090. The van der Waals surface area contributed by atoms with Crippen LogP contribution in [0.5, 0.6) is 0 Å². The first-order chi connectivity index (χ1) is 15.0. The molecule has 0 bridgehead atoms. The molecule has 0 unspecified atom stereocenters. The highest BCUT2D eigenvalue weighted by Crippen LogP contribution is 2.25. The Kier molecular flexibility index (Phi) is 5.75. The van der Waals surface area contributed by atoms with Gasteiger partial charge in [-0.1, -0.05) is 19.1 Å². The lowest BCUT2D eigenvalue weighted by molar-refractivity contribution is 0.178. The maximum atomic E-state index is 13.5. The van der Waals surface area contributed by atoms with Gasteiger partial charge < -0.3 is 10.1 Å². The largest absolute Gasteiger partial charge is 0.447 e. The lowest BCUT2D eigenvalue weighted by Gasteiger charge is -2.19. The second kappa shape index (κ2) is 8.63. The molecule has 0 radical (unpaired) electrons. The molecule has 0 aliphatic carbocycles. The van der Waals surface area contributed by atoms with Gasteiger partial charge in [-0.05, 0) is 49.6 Å². The van der Waals surface area contributed by atoms with Crippen molar-refractivity contribution in [1.29, 1.82) is 0 Å². The van der Waals surface area contributed by atoms with Gasteiger partial charge in [-0.3, -0.25) is 4.98 Å². The fourth-order valence-electron chi connectivity index (χ4n) is 3.40. The number of hydrogen-bond acceptors (Lipinski definition) is 7. The zero-order valence-corrected chi connectivity index (χ0v) is 17.5. The van der Waals surface area contributed by atoms with E-state index in [0.29, 0.717) is 18.1 Å². The van der Waals surface area contributed by atoms with E-state index in [1.54, 1.807) is 25.3 Å². The number of anilines is 2. The molecular weight excluding hydrogens is 399 g/mol.